The number of carboxylic acid groups (broad SMARTS) is 1. The first-order valence-corrected chi connectivity index (χ1v) is 7.10. The lowest BCUT2D eigenvalue weighted by Crippen LogP contribution is -2.38. The molecule has 1 aromatic carbocycles. The first kappa shape index (κ1) is 16.0. The minimum Gasteiger partial charge on any atom is -0.480 e. The summed E-state index contributed by atoms with van der Waals surface area (Å²) in [6.07, 6.45) is 0.342. The van der Waals surface area contributed by atoms with E-state index in [4.69, 9.17) is 5.11 Å². The van der Waals surface area contributed by atoms with E-state index in [1.807, 2.05) is 30.3 Å². The molecule has 3 N–H and O–H groups in total. The Morgan fingerprint density at radius 3 is 2.60 bits per heavy atom. The van der Waals surface area contributed by atoms with Gasteiger partial charge in [-0.15, -0.1) is 11.8 Å². The van der Waals surface area contributed by atoms with Gasteiger partial charge in [-0.25, -0.2) is 4.79 Å². The summed E-state index contributed by atoms with van der Waals surface area (Å²) in [5.74, 6) is -0.993. The largest absolute Gasteiger partial charge is 0.480 e. The Bertz CT molecular complexity index is 453. The number of carboxylic acids is 1. The van der Waals surface area contributed by atoms with Crippen molar-refractivity contribution in [3.63, 3.8) is 0 Å². The third kappa shape index (κ3) is 6.24. The molecule has 0 aliphatic rings. The molecule has 7 heteroatoms. The van der Waals surface area contributed by atoms with E-state index in [2.05, 4.69) is 10.6 Å². The third-order valence-corrected chi connectivity index (χ3v) is 3.45. The summed E-state index contributed by atoms with van der Waals surface area (Å²) in [6.45, 7) is 0.440. The molecule has 2 amide bonds. The van der Waals surface area contributed by atoms with E-state index in [1.54, 1.807) is 0 Å². The van der Waals surface area contributed by atoms with Gasteiger partial charge in [0.25, 0.3) is 0 Å². The standard InChI is InChI=1S/C13H16N2O4S/c16-9-15-11(13(18)19)7-20-8-12(17)14-6-10-4-2-1-3-5-10/h1-5,9,11H,6-8H2,(H,14,17)(H,15,16)(H,18,19). The van der Waals surface area contributed by atoms with E-state index in [9.17, 15) is 14.4 Å². The van der Waals surface area contributed by atoms with Crippen molar-refractivity contribution < 1.29 is 19.5 Å². The van der Waals surface area contributed by atoms with Crippen LogP contribution in [-0.4, -0.2) is 40.9 Å². The smallest absolute Gasteiger partial charge is 0.327 e. The van der Waals surface area contributed by atoms with Gasteiger partial charge >= 0.3 is 5.97 Å². The molecule has 6 nitrogen and oxygen atoms in total. The summed E-state index contributed by atoms with van der Waals surface area (Å²) in [6, 6.07) is 8.51. The lowest BCUT2D eigenvalue weighted by atomic mass is 10.2. The van der Waals surface area contributed by atoms with Crippen LogP contribution in [0.4, 0.5) is 0 Å². The van der Waals surface area contributed by atoms with Crippen molar-refractivity contribution in [3.8, 4) is 0 Å². The maximum absolute atomic E-state index is 11.6. The monoisotopic (exact) mass is 296 g/mol. The molecule has 20 heavy (non-hydrogen) atoms. The topological polar surface area (TPSA) is 95.5 Å². The van der Waals surface area contributed by atoms with Crippen LogP contribution in [0.1, 0.15) is 5.56 Å². The molecule has 1 unspecified atom stereocenters. The summed E-state index contributed by atoms with van der Waals surface area (Å²) in [5, 5.41) is 13.7. The molecule has 108 valence electrons. The second kappa shape index (κ2) is 8.98. The number of aliphatic carboxylic acids is 1. The van der Waals surface area contributed by atoms with Gasteiger partial charge in [-0.1, -0.05) is 30.3 Å². The first-order chi connectivity index (χ1) is 9.63. The molecule has 0 fully saturated rings. The lowest BCUT2D eigenvalue weighted by Gasteiger charge is -2.10. The highest BCUT2D eigenvalue weighted by Crippen LogP contribution is 2.03. The normalized spacial score (nSPS) is 11.4. The number of benzene rings is 1. The Labute approximate surface area is 120 Å². The van der Waals surface area contributed by atoms with E-state index in [0.717, 1.165) is 17.3 Å². The number of carbonyl (C=O) groups excluding carboxylic acids is 2. The Balaban J connectivity index is 2.22. The van der Waals surface area contributed by atoms with Crippen LogP contribution in [0.5, 0.6) is 0 Å². The number of hydrogen-bond acceptors (Lipinski definition) is 4. The van der Waals surface area contributed by atoms with E-state index in [0.29, 0.717) is 13.0 Å². The zero-order valence-corrected chi connectivity index (χ0v) is 11.6. The quantitative estimate of drug-likeness (QED) is 0.567. The molecule has 0 aliphatic heterocycles. The molecular formula is C13H16N2O4S. The van der Waals surface area contributed by atoms with Gasteiger partial charge in [0.05, 0.1) is 5.75 Å². The Morgan fingerprint density at radius 2 is 2.00 bits per heavy atom. The van der Waals surface area contributed by atoms with Crippen molar-refractivity contribution in [1.82, 2.24) is 10.6 Å². The van der Waals surface area contributed by atoms with Crippen molar-refractivity contribution in [3.05, 3.63) is 35.9 Å². The first-order valence-electron chi connectivity index (χ1n) is 5.94. The minimum absolute atomic E-state index is 0.146. The van der Waals surface area contributed by atoms with E-state index in [-0.39, 0.29) is 17.4 Å². The fraction of sp³-hybridized carbons (Fsp3) is 0.308. The zero-order valence-electron chi connectivity index (χ0n) is 10.7. The predicted octanol–water partition coefficient (Wildman–Crippen LogP) is 0.235. The maximum Gasteiger partial charge on any atom is 0.327 e. The number of carbonyl (C=O) groups is 3. The second-order valence-electron chi connectivity index (χ2n) is 3.95. The molecule has 0 saturated heterocycles. The van der Waals surface area contributed by atoms with Crippen LogP contribution in [0.15, 0.2) is 30.3 Å². The maximum atomic E-state index is 11.6. The summed E-state index contributed by atoms with van der Waals surface area (Å²) in [4.78, 5) is 32.5. The molecule has 0 aromatic heterocycles. The average Bonchev–Trinajstić information content (AvgIpc) is 2.45. The number of rotatable bonds is 9. The molecule has 1 aromatic rings. The van der Waals surface area contributed by atoms with E-state index < -0.39 is 12.0 Å². The van der Waals surface area contributed by atoms with Gasteiger partial charge < -0.3 is 15.7 Å². The molecule has 1 atom stereocenters. The van der Waals surface area contributed by atoms with Crippen LogP contribution in [0, 0.1) is 0 Å². The van der Waals surface area contributed by atoms with Crippen LogP contribution in [-0.2, 0) is 20.9 Å². The summed E-state index contributed by atoms with van der Waals surface area (Å²) in [5.41, 5.74) is 0.997. The Morgan fingerprint density at radius 1 is 1.30 bits per heavy atom. The number of thioether (sulfide) groups is 1. The lowest BCUT2D eigenvalue weighted by molar-refractivity contribution is -0.139. The van der Waals surface area contributed by atoms with Crippen LogP contribution in [0.2, 0.25) is 0 Å². The van der Waals surface area contributed by atoms with Crippen LogP contribution < -0.4 is 10.6 Å². The van der Waals surface area contributed by atoms with Gasteiger partial charge in [0, 0.05) is 12.3 Å². The minimum atomic E-state index is -1.12. The molecular weight excluding hydrogens is 280 g/mol. The van der Waals surface area contributed by atoms with Crippen molar-refractivity contribution in [2.45, 2.75) is 12.6 Å². The summed E-state index contributed by atoms with van der Waals surface area (Å²) < 4.78 is 0. The van der Waals surface area contributed by atoms with Crippen molar-refractivity contribution >= 4 is 30.0 Å². The molecule has 0 saturated carbocycles. The number of hydrogen-bond donors (Lipinski definition) is 3. The number of amides is 2. The Hall–Kier alpha value is -2.02. The van der Waals surface area contributed by atoms with Crippen LogP contribution in [0.3, 0.4) is 0 Å². The van der Waals surface area contributed by atoms with E-state index >= 15 is 0 Å². The SMILES string of the molecule is O=CNC(CSCC(=O)NCc1ccccc1)C(=O)O. The summed E-state index contributed by atoms with van der Waals surface area (Å²) >= 11 is 1.16. The van der Waals surface area contributed by atoms with E-state index in [1.165, 1.54) is 0 Å². The predicted molar refractivity (Wildman–Crippen MR) is 76.2 cm³/mol. The molecule has 0 aliphatic carbocycles. The number of nitrogens with one attached hydrogen (secondary N) is 2. The van der Waals surface area contributed by atoms with Crippen molar-refractivity contribution in [1.29, 1.82) is 0 Å². The van der Waals surface area contributed by atoms with Gasteiger partial charge in [-0.05, 0) is 5.56 Å². The fourth-order valence-electron chi connectivity index (χ4n) is 1.39. The van der Waals surface area contributed by atoms with Crippen molar-refractivity contribution in [2.24, 2.45) is 0 Å². The average molecular weight is 296 g/mol. The molecule has 1 rings (SSSR count). The highest BCUT2D eigenvalue weighted by Gasteiger charge is 2.16. The van der Waals surface area contributed by atoms with Crippen molar-refractivity contribution in [2.75, 3.05) is 11.5 Å². The van der Waals surface area contributed by atoms with Crippen LogP contribution in [0.25, 0.3) is 0 Å². The zero-order chi connectivity index (χ0) is 14.8. The second-order valence-corrected chi connectivity index (χ2v) is 4.98. The molecule has 0 heterocycles. The highest BCUT2D eigenvalue weighted by atomic mass is 32.2. The Kier molecular flexibility index (Phi) is 7.20. The summed E-state index contributed by atoms with van der Waals surface area (Å²) in [7, 11) is 0. The molecule has 0 bridgehead atoms. The van der Waals surface area contributed by atoms with Gasteiger partial charge in [0.15, 0.2) is 0 Å². The van der Waals surface area contributed by atoms with Gasteiger partial charge in [0.1, 0.15) is 6.04 Å². The highest BCUT2D eigenvalue weighted by molar-refractivity contribution is 8.00. The molecule has 0 radical (unpaired) electrons. The fourth-order valence-corrected chi connectivity index (χ4v) is 2.27. The van der Waals surface area contributed by atoms with Gasteiger partial charge in [-0.3, -0.25) is 9.59 Å². The van der Waals surface area contributed by atoms with Crippen LogP contribution >= 0.6 is 11.8 Å². The van der Waals surface area contributed by atoms with Gasteiger partial charge in [-0.2, -0.15) is 0 Å². The third-order valence-electron chi connectivity index (χ3n) is 2.42. The van der Waals surface area contributed by atoms with Gasteiger partial charge in [0.2, 0.25) is 12.3 Å². The molecule has 0 spiro atoms.